The van der Waals surface area contributed by atoms with E-state index in [4.69, 9.17) is 0 Å². The highest BCUT2D eigenvalue weighted by Crippen LogP contribution is 2.33. The first-order valence-corrected chi connectivity index (χ1v) is 7.58. The van der Waals surface area contributed by atoms with Gasteiger partial charge in [0.05, 0.1) is 6.42 Å². The smallest absolute Gasteiger partial charge is 0.231 e. The average Bonchev–Trinajstić information content (AvgIpc) is 2.70. The summed E-state index contributed by atoms with van der Waals surface area (Å²) in [5, 5.41) is 3.60. The topological polar surface area (TPSA) is 32.3 Å². The van der Waals surface area contributed by atoms with Crippen molar-refractivity contribution in [2.75, 3.05) is 18.5 Å². The van der Waals surface area contributed by atoms with Gasteiger partial charge in [-0.2, -0.15) is 0 Å². The third-order valence-corrected chi connectivity index (χ3v) is 4.54. The molecule has 1 aliphatic rings. The molecule has 0 bridgehead atoms. The molecule has 3 nitrogen and oxygen atoms in total. The number of hydrogen-bond acceptors (Lipinski definition) is 2. The molecule has 1 N–H and O–H groups in total. The molecule has 1 amide bonds. The summed E-state index contributed by atoms with van der Waals surface area (Å²) in [6.45, 7) is 9.92. The number of carbonyl (C=O) groups excluding carboxylic acids is 1. The molecule has 0 spiro atoms. The van der Waals surface area contributed by atoms with Crippen molar-refractivity contribution in [3.8, 4) is 0 Å². The van der Waals surface area contributed by atoms with E-state index in [9.17, 15) is 4.79 Å². The third-order valence-electron chi connectivity index (χ3n) is 4.54. The summed E-state index contributed by atoms with van der Waals surface area (Å²) in [4.78, 5) is 13.5. The van der Waals surface area contributed by atoms with Gasteiger partial charge in [-0.25, -0.2) is 0 Å². The van der Waals surface area contributed by atoms with Crippen LogP contribution in [0.1, 0.15) is 44.9 Å². The molecule has 0 aromatic heterocycles. The van der Waals surface area contributed by atoms with Crippen molar-refractivity contribution in [1.82, 2.24) is 5.32 Å². The van der Waals surface area contributed by atoms with Crippen molar-refractivity contribution in [1.29, 1.82) is 0 Å². The van der Waals surface area contributed by atoms with Gasteiger partial charge in [0.2, 0.25) is 5.91 Å². The second-order valence-corrected chi connectivity index (χ2v) is 6.16. The maximum Gasteiger partial charge on any atom is 0.231 e. The first-order chi connectivity index (χ1) is 9.45. The monoisotopic (exact) mass is 274 g/mol. The summed E-state index contributed by atoms with van der Waals surface area (Å²) in [6.07, 6.45) is 0.536. The van der Waals surface area contributed by atoms with E-state index < -0.39 is 0 Å². The fourth-order valence-corrected chi connectivity index (χ4v) is 2.90. The minimum atomic E-state index is 0.189. The quantitative estimate of drug-likeness (QED) is 0.894. The minimum absolute atomic E-state index is 0.189. The Labute approximate surface area is 122 Å². The molecule has 2 unspecified atom stereocenters. The molecule has 3 heteroatoms. The lowest BCUT2D eigenvalue weighted by molar-refractivity contribution is -0.117. The molecule has 0 radical (unpaired) electrons. The molecule has 0 aliphatic carbocycles. The van der Waals surface area contributed by atoms with Crippen molar-refractivity contribution in [3.63, 3.8) is 0 Å². The van der Waals surface area contributed by atoms with Crippen molar-refractivity contribution >= 4 is 11.6 Å². The average molecular weight is 274 g/mol. The lowest BCUT2D eigenvalue weighted by Crippen LogP contribution is -2.29. The number of nitrogens with zero attached hydrogens (tertiary/aromatic N) is 1. The molecule has 1 aliphatic heterocycles. The van der Waals surface area contributed by atoms with E-state index in [2.05, 4.69) is 51.2 Å². The Bertz CT molecular complexity index is 496. The van der Waals surface area contributed by atoms with Gasteiger partial charge < -0.3 is 10.2 Å². The molecule has 1 aromatic rings. The Hall–Kier alpha value is -1.35. The van der Waals surface area contributed by atoms with Gasteiger partial charge in [-0.15, -0.1) is 0 Å². The largest absolute Gasteiger partial charge is 0.315 e. The molecule has 2 atom stereocenters. The molecule has 1 aromatic carbocycles. The fraction of sp³-hybridized carbons (Fsp3) is 0.588. The zero-order valence-corrected chi connectivity index (χ0v) is 13.2. The number of benzene rings is 1. The van der Waals surface area contributed by atoms with E-state index >= 15 is 0 Å². The molecular formula is C17H26N2O. The SMILES string of the molecule is CCNC(c1ccc2c(c1)CC(=O)N2C)C(C)C(C)C. The van der Waals surface area contributed by atoms with Crippen molar-refractivity contribution in [2.24, 2.45) is 11.8 Å². The van der Waals surface area contributed by atoms with E-state index in [1.54, 1.807) is 4.90 Å². The van der Waals surface area contributed by atoms with Gasteiger partial charge in [0.25, 0.3) is 0 Å². The van der Waals surface area contributed by atoms with E-state index in [-0.39, 0.29) is 5.91 Å². The molecule has 0 fully saturated rings. The van der Waals surface area contributed by atoms with Gasteiger partial charge in [-0.05, 0) is 35.6 Å². The normalized spacial score (nSPS) is 17.5. The Morgan fingerprint density at radius 3 is 2.60 bits per heavy atom. The number of nitrogens with one attached hydrogen (secondary N) is 1. The molecule has 0 saturated carbocycles. The van der Waals surface area contributed by atoms with E-state index in [0.717, 1.165) is 17.8 Å². The number of rotatable bonds is 5. The third kappa shape index (κ3) is 2.73. The lowest BCUT2D eigenvalue weighted by atomic mass is 9.85. The summed E-state index contributed by atoms with van der Waals surface area (Å²) in [5.41, 5.74) is 3.52. The number of fused-ring (bicyclic) bond motifs is 1. The number of amides is 1. The Morgan fingerprint density at radius 1 is 1.30 bits per heavy atom. The van der Waals surface area contributed by atoms with Gasteiger partial charge in [-0.3, -0.25) is 4.79 Å². The van der Waals surface area contributed by atoms with Gasteiger partial charge in [0.15, 0.2) is 0 Å². The van der Waals surface area contributed by atoms with Crippen molar-refractivity contribution in [3.05, 3.63) is 29.3 Å². The Kier molecular flexibility index (Phi) is 4.48. The highest BCUT2D eigenvalue weighted by atomic mass is 16.2. The summed E-state index contributed by atoms with van der Waals surface area (Å²) in [6, 6.07) is 6.82. The maximum atomic E-state index is 11.8. The van der Waals surface area contributed by atoms with Crippen LogP contribution in [0.2, 0.25) is 0 Å². The van der Waals surface area contributed by atoms with Crippen LogP contribution in [-0.2, 0) is 11.2 Å². The number of hydrogen-bond donors (Lipinski definition) is 1. The number of anilines is 1. The summed E-state index contributed by atoms with van der Waals surface area (Å²) in [7, 11) is 1.85. The number of carbonyl (C=O) groups is 1. The minimum Gasteiger partial charge on any atom is -0.315 e. The zero-order valence-electron chi connectivity index (χ0n) is 13.2. The zero-order chi connectivity index (χ0) is 14.9. The van der Waals surface area contributed by atoms with Crippen LogP contribution in [0.5, 0.6) is 0 Å². The first-order valence-electron chi connectivity index (χ1n) is 7.58. The van der Waals surface area contributed by atoms with Crippen molar-refractivity contribution in [2.45, 2.75) is 40.2 Å². The van der Waals surface area contributed by atoms with Crippen LogP contribution in [0, 0.1) is 11.8 Å². The van der Waals surface area contributed by atoms with E-state index in [1.165, 1.54) is 5.56 Å². The molecule has 20 heavy (non-hydrogen) atoms. The van der Waals surface area contributed by atoms with E-state index in [0.29, 0.717) is 24.3 Å². The Balaban J connectivity index is 2.32. The van der Waals surface area contributed by atoms with Crippen LogP contribution in [0.4, 0.5) is 5.69 Å². The summed E-state index contributed by atoms with van der Waals surface area (Å²) < 4.78 is 0. The molecule has 1 heterocycles. The second kappa shape index (κ2) is 5.96. The summed E-state index contributed by atoms with van der Waals surface area (Å²) >= 11 is 0. The van der Waals surface area contributed by atoms with Crippen LogP contribution in [0.3, 0.4) is 0 Å². The van der Waals surface area contributed by atoms with Crippen LogP contribution >= 0.6 is 0 Å². The number of likely N-dealkylation sites (N-methyl/N-ethyl adjacent to an activating group) is 1. The predicted molar refractivity (Wildman–Crippen MR) is 84.0 cm³/mol. The predicted octanol–water partition coefficient (Wildman–Crippen LogP) is 3.15. The maximum absolute atomic E-state index is 11.8. The first kappa shape index (κ1) is 15.0. The molecule has 110 valence electrons. The highest BCUT2D eigenvalue weighted by Gasteiger charge is 2.27. The molecular weight excluding hydrogens is 248 g/mol. The summed E-state index contributed by atoms with van der Waals surface area (Å²) in [5.74, 6) is 1.37. The highest BCUT2D eigenvalue weighted by molar-refractivity contribution is 6.00. The van der Waals surface area contributed by atoms with Gasteiger partial charge in [-0.1, -0.05) is 39.8 Å². The molecule has 0 saturated heterocycles. The van der Waals surface area contributed by atoms with E-state index in [1.807, 2.05) is 7.05 Å². The van der Waals surface area contributed by atoms with Crippen LogP contribution < -0.4 is 10.2 Å². The van der Waals surface area contributed by atoms with Crippen LogP contribution in [-0.4, -0.2) is 19.5 Å². The lowest BCUT2D eigenvalue weighted by Gasteiger charge is -2.28. The fourth-order valence-electron chi connectivity index (χ4n) is 2.90. The van der Waals surface area contributed by atoms with Crippen LogP contribution in [0.15, 0.2) is 18.2 Å². The van der Waals surface area contributed by atoms with Gasteiger partial charge in [0.1, 0.15) is 0 Å². The second-order valence-electron chi connectivity index (χ2n) is 6.16. The van der Waals surface area contributed by atoms with Gasteiger partial charge in [0, 0.05) is 18.8 Å². The Morgan fingerprint density at radius 2 is 2.00 bits per heavy atom. The van der Waals surface area contributed by atoms with Crippen LogP contribution in [0.25, 0.3) is 0 Å². The van der Waals surface area contributed by atoms with Gasteiger partial charge >= 0.3 is 0 Å². The van der Waals surface area contributed by atoms with Crippen molar-refractivity contribution < 1.29 is 4.79 Å². The standard InChI is InChI=1S/C17H26N2O/c1-6-18-17(12(4)11(2)3)13-7-8-15-14(9-13)10-16(20)19(15)5/h7-9,11-12,17-18H,6,10H2,1-5H3. The molecule has 2 rings (SSSR count).